The minimum absolute atomic E-state index is 0.0201. The van der Waals surface area contributed by atoms with Crippen LogP contribution in [0, 0.1) is 0 Å². The number of carboxylic acid groups (broad SMARTS) is 1. The van der Waals surface area contributed by atoms with Crippen LogP contribution in [0.4, 0.5) is 0 Å². The van der Waals surface area contributed by atoms with Crippen LogP contribution in [0.1, 0.15) is 24.8 Å². The van der Waals surface area contributed by atoms with Gasteiger partial charge in [-0.25, -0.2) is 0 Å². The maximum Gasteiger partial charge on any atom is 0.304 e. The van der Waals surface area contributed by atoms with Crippen molar-refractivity contribution >= 4 is 5.97 Å². The number of carbonyl (C=O) groups is 1. The third-order valence-electron chi connectivity index (χ3n) is 3.41. The Labute approximate surface area is 97.6 Å². The number of ether oxygens (including phenoxy) is 2. The molecule has 1 saturated carbocycles. The lowest BCUT2D eigenvalue weighted by Crippen LogP contribution is -2.12. The van der Waals surface area contributed by atoms with E-state index >= 15 is 0 Å². The van der Waals surface area contributed by atoms with E-state index in [9.17, 15) is 9.90 Å². The third-order valence-corrected chi connectivity index (χ3v) is 3.41. The fourth-order valence-electron chi connectivity index (χ4n) is 2.31. The SMILES string of the molecule is O=C(O)CC1(c2cc(O)c3c(c2)OCO3)CC1. The van der Waals surface area contributed by atoms with E-state index in [-0.39, 0.29) is 24.4 Å². The van der Waals surface area contributed by atoms with E-state index < -0.39 is 5.97 Å². The number of phenols is 1. The summed E-state index contributed by atoms with van der Waals surface area (Å²) in [5, 5.41) is 18.7. The van der Waals surface area contributed by atoms with Crippen LogP contribution in [-0.2, 0) is 10.2 Å². The summed E-state index contributed by atoms with van der Waals surface area (Å²) in [5.74, 6) is 0.0443. The second-order valence-corrected chi connectivity index (χ2v) is 4.58. The normalized spacial score (nSPS) is 19.1. The van der Waals surface area contributed by atoms with Crippen molar-refractivity contribution in [3.05, 3.63) is 17.7 Å². The van der Waals surface area contributed by atoms with E-state index in [1.165, 1.54) is 0 Å². The molecule has 0 atom stereocenters. The monoisotopic (exact) mass is 236 g/mol. The number of fused-ring (bicyclic) bond motifs is 1. The molecule has 17 heavy (non-hydrogen) atoms. The van der Waals surface area contributed by atoms with Gasteiger partial charge in [0, 0.05) is 5.41 Å². The number of aliphatic carboxylic acids is 1. The second kappa shape index (κ2) is 3.29. The summed E-state index contributed by atoms with van der Waals surface area (Å²) in [6.45, 7) is 0.0955. The first-order chi connectivity index (χ1) is 8.11. The molecule has 0 bridgehead atoms. The van der Waals surface area contributed by atoms with Crippen LogP contribution in [-0.4, -0.2) is 23.0 Å². The molecule has 0 radical (unpaired) electrons. The quantitative estimate of drug-likeness (QED) is 0.834. The maximum atomic E-state index is 10.8. The second-order valence-electron chi connectivity index (χ2n) is 4.58. The van der Waals surface area contributed by atoms with E-state index in [1.807, 2.05) is 0 Å². The van der Waals surface area contributed by atoms with Gasteiger partial charge in [0.1, 0.15) is 0 Å². The fraction of sp³-hybridized carbons (Fsp3) is 0.417. The zero-order chi connectivity index (χ0) is 12.0. The van der Waals surface area contributed by atoms with Crippen molar-refractivity contribution in [2.24, 2.45) is 0 Å². The lowest BCUT2D eigenvalue weighted by atomic mass is 9.92. The highest BCUT2D eigenvalue weighted by molar-refractivity contribution is 5.70. The Morgan fingerprint density at radius 3 is 2.76 bits per heavy atom. The van der Waals surface area contributed by atoms with Crippen molar-refractivity contribution in [3.8, 4) is 17.2 Å². The highest BCUT2D eigenvalue weighted by Gasteiger charge is 2.47. The van der Waals surface area contributed by atoms with Crippen molar-refractivity contribution in [2.45, 2.75) is 24.7 Å². The smallest absolute Gasteiger partial charge is 0.304 e. The summed E-state index contributed by atoms with van der Waals surface area (Å²) in [4.78, 5) is 10.8. The highest BCUT2D eigenvalue weighted by Crippen LogP contribution is 2.54. The molecule has 2 N–H and O–H groups in total. The van der Waals surface area contributed by atoms with Gasteiger partial charge in [0.2, 0.25) is 12.5 Å². The number of aromatic hydroxyl groups is 1. The van der Waals surface area contributed by atoms with Crippen LogP contribution >= 0.6 is 0 Å². The molecule has 2 aliphatic rings. The number of phenolic OH excluding ortho intramolecular Hbond substituents is 1. The molecule has 0 spiro atoms. The Morgan fingerprint density at radius 2 is 2.12 bits per heavy atom. The molecular weight excluding hydrogens is 224 g/mol. The van der Waals surface area contributed by atoms with Gasteiger partial charge in [-0.05, 0) is 30.5 Å². The molecule has 1 aromatic carbocycles. The zero-order valence-corrected chi connectivity index (χ0v) is 9.10. The molecule has 1 aliphatic carbocycles. The van der Waals surface area contributed by atoms with Gasteiger partial charge in [-0.3, -0.25) is 4.79 Å². The van der Waals surface area contributed by atoms with Crippen LogP contribution in [0.5, 0.6) is 17.2 Å². The number of carboxylic acids is 1. The Morgan fingerprint density at radius 1 is 1.35 bits per heavy atom. The van der Waals surface area contributed by atoms with E-state index in [4.69, 9.17) is 14.6 Å². The minimum atomic E-state index is -0.820. The van der Waals surface area contributed by atoms with E-state index in [2.05, 4.69) is 0 Å². The van der Waals surface area contributed by atoms with Crippen LogP contribution in [0.3, 0.4) is 0 Å². The summed E-state index contributed by atoms with van der Waals surface area (Å²) in [5.41, 5.74) is 0.492. The molecule has 0 unspecified atom stereocenters. The number of rotatable bonds is 3. The maximum absolute atomic E-state index is 10.8. The lowest BCUT2D eigenvalue weighted by Gasteiger charge is -2.14. The molecule has 1 fully saturated rings. The van der Waals surface area contributed by atoms with Crippen LogP contribution in [0.15, 0.2) is 12.1 Å². The minimum Gasteiger partial charge on any atom is -0.504 e. The molecule has 1 aromatic rings. The van der Waals surface area contributed by atoms with Gasteiger partial charge >= 0.3 is 5.97 Å². The van der Waals surface area contributed by atoms with Crippen molar-refractivity contribution in [2.75, 3.05) is 6.79 Å². The molecule has 0 aromatic heterocycles. The topological polar surface area (TPSA) is 76.0 Å². The van der Waals surface area contributed by atoms with Crippen molar-refractivity contribution < 1.29 is 24.5 Å². The van der Waals surface area contributed by atoms with Gasteiger partial charge in [-0.1, -0.05) is 0 Å². The van der Waals surface area contributed by atoms with Crippen molar-refractivity contribution in [1.29, 1.82) is 0 Å². The Kier molecular flexibility index (Phi) is 1.98. The Hall–Kier alpha value is -1.91. The van der Waals surface area contributed by atoms with E-state index in [0.29, 0.717) is 11.5 Å². The molecule has 90 valence electrons. The van der Waals surface area contributed by atoms with E-state index in [0.717, 1.165) is 18.4 Å². The summed E-state index contributed by atoms with van der Waals surface area (Å²) >= 11 is 0. The molecule has 1 aliphatic heterocycles. The Balaban J connectivity index is 1.99. The molecular formula is C12H12O5. The standard InChI is InChI=1S/C12H12O5/c13-8-3-7(4-9-11(8)17-6-16-9)12(1-2-12)5-10(14)15/h3-4,13H,1-2,5-6H2,(H,14,15). The molecule has 1 heterocycles. The number of benzene rings is 1. The molecule has 3 rings (SSSR count). The summed E-state index contributed by atoms with van der Waals surface area (Å²) in [6, 6.07) is 3.36. The predicted molar refractivity (Wildman–Crippen MR) is 57.4 cm³/mol. The number of hydrogen-bond donors (Lipinski definition) is 2. The van der Waals surface area contributed by atoms with Crippen molar-refractivity contribution in [1.82, 2.24) is 0 Å². The summed E-state index contributed by atoms with van der Waals surface area (Å²) < 4.78 is 10.3. The van der Waals surface area contributed by atoms with Crippen LogP contribution in [0.2, 0.25) is 0 Å². The van der Waals surface area contributed by atoms with Crippen LogP contribution in [0.25, 0.3) is 0 Å². The molecule has 0 amide bonds. The van der Waals surface area contributed by atoms with Crippen LogP contribution < -0.4 is 9.47 Å². The lowest BCUT2D eigenvalue weighted by molar-refractivity contribution is -0.137. The van der Waals surface area contributed by atoms with Gasteiger partial charge in [0.15, 0.2) is 11.5 Å². The Bertz CT molecular complexity index is 490. The fourth-order valence-corrected chi connectivity index (χ4v) is 2.31. The number of hydrogen-bond acceptors (Lipinski definition) is 4. The largest absolute Gasteiger partial charge is 0.504 e. The van der Waals surface area contributed by atoms with Gasteiger partial charge in [-0.2, -0.15) is 0 Å². The first-order valence-corrected chi connectivity index (χ1v) is 5.46. The zero-order valence-electron chi connectivity index (χ0n) is 9.10. The summed E-state index contributed by atoms with van der Waals surface area (Å²) in [7, 11) is 0. The first-order valence-electron chi connectivity index (χ1n) is 5.46. The van der Waals surface area contributed by atoms with Gasteiger partial charge in [0.05, 0.1) is 6.42 Å². The average molecular weight is 236 g/mol. The molecule has 5 heteroatoms. The third kappa shape index (κ3) is 1.58. The predicted octanol–water partition coefficient (Wildman–Crippen LogP) is 1.63. The van der Waals surface area contributed by atoms with Gasteiger partial charge in [0.25, 0.3) is 0 Å². The first kappa shape index (κ1) is 10.3. The van der Waals surface area contributed by atoms with Gasteiger partial charge < -0.3 is 19.7 Å². The van der Waals surface area contributed by atoms with E-state index in [1.54, 1.807) is 12.1 Å². The van der Waals surface area contributed by atoms with Gasteiger partial charge in [-0.15, -0.1) is 0 Å². The van der Waals surface area contributed by atoms with Crippen molar-refractivity contribution in [3.63, 3.8) is 0 Å². The average Bonchev–Trinajstić information content (AvgIpc) is 2.87. The highest BCUT2D eigenvalue weighted by atomic mass is 16.7. The summed E-state index contributed by atoms with van der Waals surface area (Å²) in [6.07, 6.45) is 1.75. The molecule has 0 saturated heterocycles. The molecule has 5 nitrogen and oxygen atoms in total.